The van der Waals surface area contributed by atoms with Crippen molar-refractivity contribution in [3.8, 4) is 0 Å². The Morgan fingerprint density at radius 1 is 1.05 bits per heavy atom. The third-order valence-corrected chi connectivity index (χ3v) is 3.68. The van der Waals surface area contributed by atoms with Crippen LogP contribution in [0.4, 0.5) is 5.69 Å². The van der Waals surface area contributed by atoms with Crippen LogP contribution in [-0.4, -0.2) is 5.91 Å². The van der Waals surface area contributed by atoms with E-state index in [1.54, 1.807) is 6.08 Å². The summed E-state index contributed by atoms with van der Waals surface area (Å²) in [5.41, 5.74) is 5.39. The van der Waals surface area contributed by atoms with E-state index < -0.39 is 0 Å². The number of carbonyl (C=O) groups is 1. The quantitative estimate of drug-likeness (QED) is 0.783. The number of amides is 1. The van der Waals surface area contributed by atoms with Crippen LogP contribution in [0.5, 0.6) is 0 Å². The van der Waals surface area contributed by atoms with Gasteiger partial charge in [-0.3, -0.25) is 4.79 Å². The maximum Gasteiger partial charge on any atom is 0.248 e. The predicted octanol–water partition coefficient (Wildman–Crippen LogP) is 5.08. The first-order chi connectivity index (χ1) is 10.5. The van der Waals surface area contributed by atoms with Crippen molar-refractivity contribution in [2.75, 3.05) is 5.32 Å². The molecule has 0 heterocycles. The first-order valence-electron chi connectivity index (χ1n) is 7.62. The molecule has 0 atom stereocenters. The van der Waals surface area contributed by atoms with Crippen molar-refractivity contribution in [3.63, 3.8) is 0 Å². The zero-order valence-electron chi connectivity index (χ0n) is 13.7. The van der Waals surface area contributed by atoms with Gasteiger partial charge in [0.1, 0.15) is 0 Å². The number of rotatable bonds is 4. The van der Waals surface area contributed by atoms with Gasteiger partial charge in [-0.15, -0.1) is 0 Å². The van der Waals surface area contributed by atoms with Crippen LogP contribution in [0.3, 0.4) is 0 Å². The molecule has 0 radical (unpaired) electrons. The van der Waals surface area contributed by atoms with Crippen LogP contribution in [0.15, 0.2) is 48.5 Å². The van der Waals surface area contributed by atoms with Gasteiger partial charge in [-0.1, -0.05) is 50.2 Å². The molecule has 0 aromatic heterocycles. The van der Waals surface area contributed by atoms with Crippen molar-refractivity contribution in [3.05, 3.63) is 70.8 Å². The molecule has 114 valence electrons. The number of carbonyl (C=O) groups excluding carboxylic acids is 1. The number of anilines is 1. The summed E-state index contributed by atoms with van der Waals surface area (Å²) in [7, 11) is 0. The molecule has 1 N–H and O–H groups in total. The van der Waals surface area contributed by atoms with Crippen LogP contribution in [0.1, 0.15) is 42.0 Å². The van der Waals surface area contributed by atoms with E-state index in [1.165, 1.54) is 5.56 Å². The monoisotopic (exact) mass is 293 g/mol. The van der Waals surface area contributed by atoms with E-state index in [0.717, 1.165) is 22.4 Å². The van der Waals surface area contributed by atoms with Gasteiger partial charge >= 0.3 is 0 Å². The molecule has 0 unspecified atom stereocenters. The molecule has 0 aliphatic carbocycles. The maximum absolute atomic E-state index is 12.0. The summed E-state index contributed by atoms with van der Waals surface area (Å²) < 4.78 is 0. The molecule has 2 rings (SSSR count). The highest BCUT2D eigenvalue weighted by atomic mass is 16.1. The van der Waals surface area contributed by atoms with Gasteiger partial charge in [0.2, 0.25) is 5.91 Å². The van der Waals surface area contributed by atoms with Crippen molar-refractivity contribution in [1.82, 2.24) is 0 Å². The Morgan fingerprint density at radius 3 is 2.36 bits per heavy atom. The minimum Gasteiger partial charge on any atom is -0.322 e. The molecule has 2 aromatic carbocycles. The molecule has 0 aliphatic rings. The molecule has 0 aliphatic heterocycles. The lowest BCUT2D eigenvalue weighted by Gasteiger charge is -2.07. The van der Waals surface area contributed by atoms with Gasteiger partial charge in [-0.05, 0) is 54.2 Å². The smallest absolute Gasteiger partial charge is 0.248 e. The highest BCUT2D eigenvalue weighted by molar-refractivity contribution is 6.02. The molecule has 2 aromatic rings. The van der Waals surface area contributed by atoms with Gasteiger partial charge in [-0.2, -0.15) is 0 Å². The summed E-state index contributed by atoms with van der Waals surface area (Å²) in [6.45, 7) is 8.34. The molecule has 2 nitrogen and oxygen atoms in total. The highest BCUT2D eigenvalue weighted by Gasteiger charge is 2.02. The van der Waals surface area contributed by atoms with Crippen molar-refractivity contribution >= 4 is 17.7 Å². The van der Waals surface area contributed by atoms with E-state index in [0.29, 0.717) is 5.92 Å². The van der Waals surface area contributed by atoms with Crippen LogP contribution >= 0.6 is 0 Å². The standard InChI is InChI=1S/C20H23NO/c1-14(2)18-10-7-17(8-11-18)9-12-20(22)21-19-13-15(3)5-6-16(19)4/h5-14H,1-4H3,(H,21,22)/b12-9+. The molecular formula is C20H23NO. The average Bonchev–Trinajstić information content (AvgIpc) is 2.49. The van der Waals surface area contributed by atoms with Gasteiger partial charge in [0.15, 0.2) is 0 Å². The Balaban J connectivity index is 2.03. The van der Waals surface area contributed by atoms with Gasteiger partial charge in [0.25, 0.3) is 0 Å². The third-order valence-electron chi connectivity index (χ3n) is 3.68. The van der Waals surface area contributed by atoms with E-state index in [-0.39, 0.29) is 5.91 Å². The lowest BCUT2D eigenvalue weighted by atomic mass is 10.0. The Labute approximate surface area is 132 Å². The Kier molecular flexibility index (Phi) is 5.16. The Bertz CT molecular complexity index is 681. The lowest BCUT2D eigenvalue weighted by Crippen LogP contribution is -2.09. The van der Waals surface area contributed by atoms with Crippen molar-refractivity contribution in [2.24, 2.45) is 0 Å². The molecular weight excluding hydrogens is 270 g/mol. The van der Waals surface area contributed by atoms with E-state index in [4.69, 9.17) is 0 Å². The second-order valence-electron chi connectivity index (χ2n) is 5.96. The molecule has 0 fully saturated rings. The number of aryl methyl sites for hydroxylation is 2. The number of hydrogen-bond donors (Lipinski definition) is 1. The van der Waals surface area contributed by atoms with Crippen LogP contribution in [-0.2, 0) is 4.79 Å². The number of hydrogen-bond acceptors (Lipinski definition) is 1. The van der Waals surface area contributed by atoms with Gasteiger partial charge < -0.3 is 5.32 Å². The Morgan fingerprint density at radius 2 is 1.73 bits per heavy atom. The fraction of sp³-hybridized carbons (Fsp3) is 0.250. The summed E-state index contributed by atoms with van der Waals surface area (Å²) in [5.74, 6) is 0.409. The molecule has 0 spiro atoms. The summed E-state index contributed by atoms with van der Waals surface area (Å²) in [6, 6.07) is 14.3. The van der Waals surface area contributed by atoms with E-state index >= 15 is 0 Å². The molecule has 0 saturated heterocycles. The van der Waals surface area contributed by atoms with E-state index in [9.17, 15) is 4.79 Å². The second-order valence-corrected chi connectivity index (χ2v) is 5.96. The van der Waals surface area contributed by atoms with Crippen molar-refractivity contribution in [2.45, 2.75) is 33.6 Å². The zero-order valence-corrected chi connectivity index (χ0v) is 13.7. The van der Waals surface area contributed by atoms with Crippen molar-refractivity contribution < 1.29 is 4.79 Å². The van der Waals surface area contributed by atoms with Crippen LogP contribution < -0.4 is 5.32 Å². The summed E-state index contributed by atoms with van der Waals surface area (Å²) in [6.07, 6.45) is 3.41. The molecule has 0 saturated carbocycles. The topological polar surface area (TPSA) is 29.1 Å². The SMILES string of the molecule is Cc1ccc(C)c(NC(=O)/C=C/c2ccc(C(C)C)cc2)c1. The first kappa shape index (κ1) is 16.0. The van der Waals surface area contributed by atoms with Gasteiger partial charge in [0, 0.05) is 11.8 Å². The highest BCUT2D eigenvalue weighted by Crippen LogP contribution is 2.17. The van der Waals surface area contributed by atoms with E-state index in [2.05, 4.69) is 31.3 Å². The van der Waals surface area contributed by atoms with Crippen LogP contribution in [0, 0.1) is 13.8 Å². The zero-order chi connectivity index (χ0) is 16.1. The van der Waals surface area contributed by atoms with Gasteiger partial charge in [-0.25, -0.2) is 0 Å². The largest absolute Gasteiger partial charge is 0.322 e. The normalized spacial score (nSPS) is 11.1. The fourth-order valence-corrected chi connectivity index (χ4v) is 2.21. The average molecular weight is 293 g/mol. The molecule has 0 bridgehead atoms. The van der Waals surface area contributed by atoms with Crippen molar-refractivity contribution in [1.29, 1.82) is 0 Å². The van der Waals surface area contributed by atoms with Crippen LogP contribution in [0.2, 0.25) is 0 Å². The minimum absolute atomic E-state index is 0.110. The lowest BCUT2D eigenvalue weighted by molar-refractivity contribution is -0.111. The predicted molar refractivity (Wildman–Crippen MR) is 94.1 cm³/mol. The fourth-order valence-electron chi connectivity index (χ4n) is 2.21. The Hall–Kier alpha value is -2.35. The minimum atomic E-state index is -0.110. The van der Waals surface area contributed by atoms with E-state index in [1.807, 2.05) is 50.3 Å². The summed E-state index contributed by atoms with van der Waals surface area (Å²) in [5, 5.41) is 2.93. The first-order valence-corrected chi connectivity index (χ1v) is 7.62. The summed E-state index contributed by atoms with van der Waals surface area (Å²) in [4.78, 5) is 12.0. The van der Waals surface area contributed by atoms with Gasteiger partial charge in [0.05, 0.1) is 0 Å². The molecule has 1 amide bonds. The number of benzene rings is 2. The molecule has 22 heavy (non-hydrogen) atoms. The van der Waals surface area contributed by atoms with Crippen LogP contribution in [0.25, 0.3) is 6.08 Å². The number of nitrogens with one attached hydrogen (secondary N) is 1. The third kappa shape index (κ3) is 4.32. The second kappa shape index (κ2) is 7.08. The summed E-state index contributed by atoms with van der Waals surface area (Å²) >= 11 is 0. The maximum atomic E-state index is 12.0. The molecule has 2 heteroatoms.